The van der Waals surface area contributed by atoms with Crippen molar-refractivity contribution in [2.75, 3.05) is 19.7 Å². The van der Waals surface area contributed by atoms with Crippen LogP contribution in [-0.2, 0) is 4.79 Å². The summed E-state index contributed by atoms with van der Waals surface area (Å²) in [5.74, 6) is 1.35. The fraction of sp³-hybridized carbons (Fsp3) is 0.222. The lowest BCUT2D eigenvalue weighted by atomic mass is 10.0. The van der Waals surface area contributed by atoms with E-state index in [1.54, 1.807) is 35.5 Å². The first-order valence-electron chi connectivity index (χ1n) is 8.20. The zero-order valence-electron chi connectivity index (χ0n) is 14.0. The number of carbonyl (C=O) groups excluding carboxylic acids is 1. The minimum absolute atomic E-state index is 0.0242. The number of hydrogen-bond acceptors (Lipinski definition) is 6. The van der Waals surface area contributed by atoms with Crippen LogP contribution in [-0.4, -0.2) is 45.6 Å². The number of benzene rings is 1. The van der Waals surface area contributed by atoms with Gasteiger partial charge in [0.15, 0.2) is 6.61 Å². The van der Waals surface area contributed by atoms with E-state index in [0.717, 1.165) is 5.56 Å². The second-order valence-electron chi connectivity index (χ2n) is 6.05. The number of carbonyl (C=O) groups is 1. The molecule has 9 heteroatoms. The molecule has 4 rings (SSSR count). The number of rotatable bonds is 5. The number of ether oxygens (including phenoxy) is 1. The standard InChI is InChI=1S/C18H14Cl2N4O3/c19-13-1-2-15(14(20)7-13)26-10-16(25)24-8-12(9-24)18-22-17(23-27-18)11-3-5-21-6-4-11/h1-7,12H,8-10H2. The topological polar surface area (TPSA) is 81.4 Å². The highest BCUT2D eigenvalue weighted by Gasteiger charge is 2.35. The van der Waals surface area contributed by atoms with Gasteiger partial charge in [0.05, 0.1) is 10.9 Å². The Morgan fingerprint density at radius 1 is 1.22 bits per heavy atom. The third kappa shape index (κ3) is 3.89. The van der Waals surface area contributed by atoms with Gasteiger partial charge >= 0.3 is 0 Å². The fourth-order valence-corrected chi connectivity index (χ4v) is 3.14. The van der Waals surface area contributed by atoms with Gasteiger partial charge in [-0.15, -0.1) is 0 Å². The molecular weight excluding hydrogens is 391 g/mol. The average Bonchev–Trinajstić information content (AvgIpc) is 3.10. The normalized spacial score (nSPS) is 14.1. The van der Waals surface area contributed by atoms with Gasteiger partial charge in [-0.25, -0.2) is 0 Å². The summed E-state index contributed by atoms with van der Waals surface area (Å²) in [6, 6.07) is 8.48. The third-order valence-electron chi connectivity index (χ3n) is 4.21. The Labute approximate surface area is 164 Å². The number of likely N-dealkylation sites (tertiary alicyclic amines) is 1. The van der Waals surface area contributed by atoms with Crippen molar-refractivity contribution >= 4 is 29.1 Å². The summed E-state index contributed by atoms with van der Waals surface area (Å²) in [4.78, 5) is 22.3. The molecule has 1 saturated heterocycles. The Bertz CT molecular complexity index is 958. The maximum Gasteiger partial charge on any atom is 0.260 e. The van der Waals surface area contributed by atoms with E-state index in [4.69, 9.17) is 32.5 Å². The van der Waals surface area contributed by atoms with Crippen LogP contribution in [0.5, 0.6) is 5.75 Å². The van der Waals surface area contributed by atoms with E-state index in [1.807, 2.05) is 12.1 Å². The molecule has 1 fully saturated rings. The molecule has 0 radical (unpaired) electrons. The number of amides is 1. The minimum Gasteiger partial charge on any atom is -0.482 e. The Hall–Kier alpha value is -2.64. The highest BCUT2D eigenvalue weighted by atomic mass is 35.5. The molecule has 0 aliphatic carbocycles. The molecule has 0 unspecified atom stereocenters. The van der Waals surface area contributed by atoms with Crippen LogP contribution in [0.1, 0.15) is 11.8 Å². The molecule has 3 heterocycles. The first kappa shape index (κ1) is 17.8. The summed E-state index contributed by atoms with van der Waals surface area (Å²) < 4.78 is 10.8. The Morgan fingerprint density at radius 3 is 2.74 bits per heavy atom. The van der Waals surface area contributed by atoms with Gasteiger partial charge in [0.25, 0.3) is 5.91 Å². The Kier molecular flexibility index (Phi) is 4.96. The van der Waals surface area contributed by atoms with Crippen LogP contribution in [0.15, 0.2) is 47.2 Å². The fourth-order valence-electron chi connectivity index (χ4n) is 2.68. The van der Waals surface area contributed by atoms with Crippen molar-refractivity contribution in [3.05, 3.63) is 58.7 Å². The predicted octanol–water partition coefficient (Wildman–Crippen LogP) is 3.44. The lowest BCUT2D eigenvalue weighted by Crippen LogP contribution is -2.50. The van der Waals surface area contributed by atoms with Crippen LogP contribution in [0.25, 0.3) is 11.4 Å². The van der Waals surface area contributed by atoms with Crippen molar-refractivity contribution in [1.82, 2.24) is 20.0 Å². The van der Waals surface area contributed by atoms with Crippen LogP contribution >= 0.6 is 23.2 Å². The summed E-state index contributed by atoms with van der Waals surface area (Å²) >= 11 is 11.9. The zero-order chi connectivity index (χ0) is 18.8. The molecule has 0 atom stereocenters. The number of halogens is 2. The molecule has 1 aliphatic heterocycles. The van der Waals surface area contributed by atoms with Crippen LogP contribution in [0.3, 0.4) is 0 Å². The molecule has 0 spiro atoms. The molecule has 2 aromatic heterocycles. The van der Waals surface area contributed by atoms with Crippen molar-refractivity contribution in [1.29, 1.82) is 0 Å². The third-order valence-corrected chi connectivity index (χ3v) is 4.74. The van der Waals surface area contributed by atoms with Gasteiger partial charge in [0.2, 0.25) is 11.7 Å². The van der Waals surface area contributed by atoms with Crippen LogP contribution in [0.2, 0.25) is 10.0 Å². The van der Waals surface area contributed by atoms with Gasteiger partial charge < -0.3 is 14.2 Å². The van der Waals surface area contributed by atoms with Gasteiger partial charge in [-0.1, -0.05) is 28.4 Å². The first-order valence-corrected chi connectivity index (χ1v) is 8.95. The van der Waals surface area contributed by atoms with Crippen LogP contribution in [0.4, 0.5) is 0 Å². The summed E-state index contributed by atoms with van der Waals surface area (Å²) in [7, 11) is 0. The maximum atomic E-state index is 12.2. The lowest BCUT2D eigenvalue weighted by Gasteiger charge is -2.36. The number of aromatic nitrogens is 3. The molecule has 138 valence electrons. The predicted molar refractivity (Wildman–Crippen MR) is 98.8 cm³/mol. The monoisotopic (exact) mass is 404 g/mol. The average molecular weight is 405 g/mol. The van der Waals surface area contributed by atoms with Crippen molar-refractivity contribution in [3.8, 4) is 17.1 Å². The van der Waals surface area contributed by atoms with E-state index in [-0.39, 0.29) is 18.4 Å². The molecule has 27 heavy (non-hydrogen) atoms. The molecule has 0 N–H and O–H groups in total. The molecule has 1 amide bonds. The number of pyridine rings is 1. The lowest BCUT2D eigenvalue weighted by molar-refractivity contribution is -0.138. The van der Waals surface area contributed by atoms with Crippen LogP contribution in [0, 0.1) is 0 Å². The van der Waals surface area contributed by atoms with Crippen molar-refractivity contribution in [3.63, 3.8) is 0 Å². The Morgan fingerprint density at radius 2 is 2.00 bits per heavy atom. The van der Waals surface area contributed by atoms with Gasteiger partial charge in [-0.3, -0.25) is 9.78 Å². The van der Waals surface area contributed by atoms with Crippen molar-refractivity contribution < 1.29 is 14.1 Å². The number of hydrogen-bond donors (Lipinski definition) is 0. The highest BCUT2D eigenvalue weighted by molar-refractivity contribution is 6.35. The van der Waals surface area contributed by atoms with Gasteiger partial charge in [0.1, 0.15) is 5.75 Å². The van der Waals surface area contributed by atoms with E-state index >= 15 is 0 Å². The summed E-state index contributed by atoms with van der Waals surface area (Å²) in [5.41, 5.74) is 0.834. The molecule has 3 aromatic rings. The summed E-state index contributed by atoms with van der Waals surface area (Å²) in [5, 5.41) is 4.86. The minimum atomic E-state index is -0.133. The van der Waals surface area contributed by atoms with E-state index in [9.17, 15) is 4.79 Å². The van der Waals surface area contributed by atoms with E-state index in [2.05, 4.69) is 15.1 Å². The molecule has 1 aromatic carbocycles. The smallest absolute Gasteiger partial charge is 0.260 e. The molecular formula is C18H14Cl2N4O3. The zero-order valence-corrected chi connectivity index (χ0v) is 15.5. The Balaban J connectivity index is 1.30. The first-order chi connectivity index (χ1) is 13.1. The quantitative estimate of drug-likeness (QED) is 0.647. The highest BCUT2D eigenvalue weighted by Crippen LogP contribution is 2.29. The SMILES string of the molecule is O=C(COc1ccc(Cl)cc1Cl)N1CC(c2nc(-c3ccncc3)no2)C1. The molecule has 0 saturated carbocycles. The van der Waals surface area contributed by atoms with E-state index < -0.39 is 0 Å². The van der Waals surface area contributed by atoms with Gasteiger partial charge in [-0.05, 0) is 30.3 Å². The second-order valence-corrected chi connectivity index (χ2v) is 6.89. The van der Waals surface area contributed by atoms with Gasteiger partial charge in [0, 0.05) is 36.1 Å². The summed E-state index contributed by atoms with van der Waals surface area (Å²) in [6.45, 7) is 0.920. The molecule has 7 nitrogen and oxygen atoms in total. The van der Waals surface area contributed by atoms with E-state index in [1.165, 1.54) is 0 Å². The second kappa shape index (κ2) is 7.54. The summed E-state index contributed by atoms with van der Waals surface area (Å²) in [6.07, 6.45) is 3.34. The number of nitrogens with zero attached hydrogens (tertiary/aromatic N) is 4. The maximum absolute atomic E-state index is 12.2. The van der Waals surface area contributed by atoms with Gasteiger partial charge in [-0.2, -0.15) is 4.98 Å². The molecule has 0 bridgehead atoms. The molecule has 1 aliphatic rings. The van der Waals surface area contributed by atoms with Crippen LogP contribution < -0.4 is 4.74 Å². The van der Waals surface area contributed by atoms with E-state index in [0.29, 0.717) is 40.6 Å². The van der Waals surface area contributed by atoms with Crippen molar-refractivity contribution in [2.24, 2.45) is 0 Å². The largest absolute Gasteiger partial charge is 0.482 e. The van der Waals surface area contributed by atoms with Crippen molar-refractivity contribution in [2.45, 2.75) is 5.92 Å².